The number of aromatic nitrogens is 2. The SMILES string of the molecule is O=C(c1cccc(Oc2nc(Cc3ccc(F)cc3)ns2)c1)N1CCN(C/C=C/c2ccccc2)CC1. The van der Waals surface area contributed by atoms with E-state index in [0.717, 1.165) is 36.7 Å². The summed E-state index contributed by atoms with van der Waals surface area (Å²) in [6, 6.07) is 23.7. The Morgan fingerprint density at radius 1 is 0.973 bits per heavy atom. The van der Waals surface area contributed by atoms with E-state index in [4.69, 9.17) is 4.74 Å². The van der Waals surface area contributed by atoms with E-state index in [1.807, 2.05) is 35.2 Å². The van der Waals surface area contributed by atoms with Crippen molar-refractivity contribution in [3.8, 4) is 10.9 Å². The zero-order chi connectivity index (χ0) is 25.5. The molecule has 1 fully saturated rings. The molecule has 0 unspecified atom stereocenters. The third-order valence-electron chi connectivity index (χ3n) is 6.14. The number of benzene rings is 3. The molecule has 0 aliphatic carbocycles. The third kappa shape index (κ3) is 6.87. The fraction of sp³-hybridized carbons (Fsp3) is 0.207. The minimum atomic E-state index is -0.272. The summed E-state index contributed by atoms with van der Waals surface area (Å²) in [5.74, 6) is 0.876. The molecule has 188 valence electrons. The second-order valence-electron chi connectivity index (χ2n) is 8.82. The summed E-state index contributed by atoms with van der Waals surface area (Å²) in [5, 5.41) is 0.402. The lowest BCUT2D eigenvalue weighted by Crippen LogP contribution is -2.48. The number of amides is 1. The van der Waals surface area contributed by atoms with Gasteiger partial charge in [0.15, 0.2) is 5.82 Å². The van der Waals surface area contributed by atoms with E-state index in [2.05, 4.69) is 38.5 Å². The van der Waals surface area contributed by atoms with Crippen molar-refractivity contribution in [2.45, 2.75) is 6.42 Å². The van der Waals surface area contributed by atoms with E-state index in [0.29, 0.717) is 41.8 Å². The number of ether oxygens (including phenoxy) is 1. The third-order valence-corrected chi connectivity index (χ3v) is 6.78. The molecule has 37 heavy (non-hydrogen) atoms. The van der Waals surface area contributed by atoms with Crippen molar-refractivity contribution in [3.63, 3.8) is 0 Å². The highest BCUT2D eigenvalue weighted by Gasteiger charge is 2.22. The molecule has 1 amide bonds. The monoisotopic (exact) mass is 514 g/mol. The molecule has 0 spiro atoms. The maximum Gasteiger partial charge on any atom is 0.298 e. The lowest BCUT2D eigenvalue weighted by molar-refractivity contribution is 0.0650. The molecule has 1 aliphatic rings. The Labute approximate surface area is 219 Å². The van der Waals surface area contributed by atoms with Crippen LogP contribution in [0, 0.1) is 5.82 Å². The van der Waals surface area contributed by atoms with Gasteiger partial charge in [0.1, 0.15) is 11.6 Å². The topological polar surface area (TPSA) is 58.6 Å². The molecule has 0 bridgehead atoms. The van der Waals surface area contributed by atoms with Gasteiger partial charge in [-0.2, -0.15) is 9.36 Å². The minimum absolute atomic E-state index is 0.000750. The molecule has 0 radical (unpaired) electrons. The van der Waals surface area contributed by atoms with E-state index < -0.39 is 0 Å². The van der Waals surface area contributed by atoms with Gasteiger partial charge in [-0.15, -0.1) is 0 Å². The van der Waals surface area contributed by atoms with Gasteiger partial charge in [-0.25, -0.2) is 4.39 Å². The van der Waals surface area contributed by atoms with Gasteiger partial charge in [-0.3, -0.25) is 9.69 Å². The van der Waals surface area contributed by atoms with Crippen LogP contribution in [-0.2, 0) is 6.42 Å². The molecule has 8 heteroatoms. The van der Waals surface area contributed by atoms with Crippen molar-refractivity contribution in [1.82, 2.24) is 19.2 Å². The summed E-state index contributed by atoms with van der Waals surface area (Å²) in [6.45, 7) is 3.91. The molecule has 1 saturated heterocycles. The van der Waals surface area contributed by atoms with Crippen LogP contribution in [0.1, 0.15) is 27.3 Å². The average Bonchev–Trinajstić information content (AvgIpc) is 3.37. The molecule has 1 aromatic heterocycles. The zero-order valence-corrected chi connectivity index (χ0v) is 21.1. The van der Waals surface area contributed by atoms with E-state index >= 15 is 0 Å². The lowest BCUT2D eigenvalue weighted by atomic mass is 10.1. The second kappa shape index (κ2) is 11.9. The Hall–Kier alpha value is -3.88. The normalized spacial score (nSPS) is 14.2. The van der Waals surface area contributed by atoms with Crippen LogP contribution in [0.25, 0.3) is 6.08 Å². The number of hydrogen-bond acceptors (Lipinski definition) is 6. The summed E-state index contributed by atoms with van der Waals surface area (Å²) in [4.78, 5) is 21.8. The Morgan fingerprint density at radius 3 is 2.54 bits per heavy atom. The summed E-state index contributed by atoms with van der Waals surface area (Å²) >= 11 is 1.15. The summed E-state index contributed by atoms with van der Waals surface area (Å²) in [5.41, 5.74) is 2.70. The van der Waals surface area contributed by atoms with Crippen molar-refractivity contribution in [2.75, 3.05) is 32.7 Å². The predicted octanol–water partition coefficient (Wildman–Crippen LogP) is 5.53. The molecule has 2 heterocycles. The van der Waals surface area contributed by atoms with E-state index in [1.54, 1.807) is 24.3 Å². The summed E-state index contributed by atoms with van der Waals surface area (Å²) < 4.78 is 23.3. The van der Waals surface area contributed by atoms with Crippen LogP contribution >= 0.6 is 11.5 Å². The molecule has 0 atom stereocenters. The summed E-state index contributed by atoms with van der Waals surface area (Å²) in [6.07, 6.45) is 4.80. The van der Waals surface area contributed by atoms with Crippen LogP contribution in [-0.4, -0.2) is 57.8 Å². The number of carbonyl (C=O) groups excluding carboxylic acids is 1. The highest BCUT2D eigenvalue weighted by Crippen LogP contribution is 2.25. The first kappa shape index (κ1) is 24.8. The van der Waals surface area contributed by atoms with Crippen LogP contribution in [0.2, 0.25) is 0 Å². The molecule has 1 aliphatic heterocycles. The van der Waals surface area contributed by atoms with Crippen molar-refractivity contribution in [3.05, 3.63) is 113 Å². The van der Waals surface area contributed by atoms with E-state index in [-0.39, 0.29) is 11.7 Å². The van der Waals surface area contributed by atoms with Gasteiger partial charge in [0.05, 0.1) is 0 Å². The molecule has 0 N–H and O–H groups in total. The molecule has 0 saturated carbocycles. The van der Waals surface area contributed by atoms with Crippen LogP contribution < -0.4 is 4.74 Å². The van der Waals surface area contributed by atoms with Crippen molar-refractivity contribution < 1.29 is 13.9 Å². The fourth-order valence-electron chi connectivity index (χ4n) is 4.15. The molecule has 3 aromatic carbocycles. The zero-order valence-electron chi connectivity index (χ0n) is 20.3. The Kier molecular flexibility index (Phi) is 7.98. The maximum absolute atomic E-state index is 13.1. The molecule has 5 rings (SSSR count). The first-order chi connectivity index (χ1) is 18.1. The smallest absolute Gasteiger partial charge is 0.298 e. The Morgan fingerprint density at radius 2 is 1.76 bits per heavy atom. The van der Waals surface area contributed by atoms with Gasteiger partial charge in [-0.05, 0) is 41.5 Å². The highest BCUT2D eigenvalue weighted by atomic mass is 32.1. The van der Waals surface area contributed by atoms with Crippen molar-refractivity contribution >= 4 is 23.5 Å². The van der Waals surface area contributed by atoms with E-state index in [1.165, 1.54) is 17.7 Å². The average molecular weight is 515 g/mol. The lowest BCUT2D eigenvalue weighted by Gasteiger charge is -2.34. The van der Waals surface area contributed by atoms with E-state index in [9.17, 15) is 9.18 Å². The van der Waals surface area contributed by atoms with Gasteiger partial charge >= 0.3 is 0 Å². The first-order valence-corrected chi connectivity index (χ1v) is 13.0. The second-order valence-corrected chi connectivity index (χ2v) is 9.53. The summed E-state index contributed by atoms with van der Waals surface area (Å²) in [7, 11) is 0. The van der Waals surface area contributed by atoms with Gasteiger partial charge in [0.25, 0.3) is 11.1 Å². The van der Waals surface area contributed by atoms with Crippen LogP contribution in [0.5, 0.6) is 10.9 Å². The van der Waals surface area contributed by atoms with Crippen LogP contribution in [0.4, 0.5) is 4.39 Å². The fourth-order valence-corrected chi connectivity index (χ4v) is 4.72. The predicted molar refractivity (Wildman–Crippen MR) is 143 cm³/mol. The highest BCUT2D eigenvalue weighted by molar-refractivity contribution is 7.07. The maximum atomic E-state index is 13.1. The van der Waals surface area contributed by atoms with Crippen LogP contribution in [0.15, 0.2) is 84.9 Å². The standard InChI is InChI=1S/C29H27FN4O2S/c30-25-13-11-23(12-14-25)20-27-31-29(37-32-27)36-26-10-4-9-24(21-26)28(35)34-18-16-33(17-19-34)15-5-8-22-6-2-1-3-7-22/h1-14,21H,15-20H2/b8-5+. The molecular weight excluding hydrogens is 487 g/mol. The van der Waals surface area contributed by atoms with Gasteiger partial charge in [0.2, 0.25) is 0 Å². The quantitative estimate of drug-likeness (QED) is 0.309. The number of nitrogens with zero attached hydrogens (tertiary/aromatic N) is 4. The minimum Gasteiger partial charge on any atom is -0.430 e. The van der Waals surface area contributed by atoms with Crippen molar-refractivity contribution in [2.24, 2.45) is 0 Å². The van der Waals surface area contributed by atoms with Crippen molar-refractivity contribution in [1.29, 1.82) is 0 Å². The van der Waals surface area contributed by atoms with Gasteiger partial charge < -0.3 is 9.64 Å². The van der Waals surface area contributed by atoms with Crippen LogP contribution in [0.3, 0.4) is 0 Å². The number of carbonyl (C=O) groups is 1. The number of piperazine rings is 1. The number of halogens is 1. The van der Waals surface area contributed by atoms with Gasteiger partial charge in [-0.1, -0.05) is 60.7 Å². The Balaban J connectivity index is 1.13. The van der Waals surface area contributed by atoms with Gasteiger partial charge in [0, 0.05) is 56.2 Å². The largest absolute Gasteiger partial charge is 0.430 e. The Bertz CT molecular complexity index is 1350. The number of hydrogen-bond donors (Lipinski definition) is 0. The molecular formula is C29H27FN4O2S. The first-order valence-electron chi connectivity index (χ1n) is 12.2. The molecule has 6 nitrogen and oxygen atoms in total. The number of rotatable bonds is 8. The molecule has 4 aromatic rings.